The quantitative estimate of drug-likeness (QED) is 0.904. The molecule has 2 aromatic rings. The van der Waals surface area contributed by atoms with Crippen LogP contribution >= 0.6 is 11.3 Å². The Morgan fingerprint density at radius 1 is 1.48 bits per heavy atom. The van der Waals surface area contributed by atoms with Gasteiger partial charge in [0, 0.05) is 20.7 Å². The zero-order valence-electron chi connectivity index (χ0n) is 13.0. The Hall–Kier alpha value is -2.06. The molecule has 1 aliphatic rings. The fourth-order valence-electron chi connectivity index (χ4n) is 3.17. The van der Waals surface area contributed by atoms with Gasteiger partial charge in [0.15, 0.2) is 0 Å². The molecule has 0 aliphatic carbocycles. The van der Waals surface area contributed by atoms with E-state index in [4.69, 9.17) is 4.74 Å². The van der Waals surface area contributed by atoms with Crippen molar-refractivity contribution < 1.29 is 14.3 Å². The van der Waals surface area contributed by atoms with E-state index in [0.717, 1.165) is 16.6 Å². The summed E-state index contributed by atoms with van der Waals surface area (Å²) >= 11 is 1.42. The molecule has 1 aliphatic heterocycles. The number of likely N-dealkylation sites (tertiary alicyclic amines) is 1. The van der Waals surface area contributed by atoms with Crippen molar-refractivity contribution in [2.24, 2.45) is 0 Å². The molecule has 2 aromatic heterocycles. The summed E-state index contributed by atoms with van der Waals surface area (Å²) in [4.78, 5) is 35.5. The molecule has 1 unspecified atom stereocenters. The SMILES string of the molecule is CNC(=O)C1(COC)CCCN1C(=O)c1ncnc2ccsc12. The van der Waals surface area contributed by atoms with Crippen LogP contribution in [0.5, 0.6) is 0 Å². The number of nitrogens with one attached hydrogen (secondary N) is 1. The van der Waals surface area contributed by atoms with Gasteiger partial charge in [-0.25, -0.2) is 9.97 Å². The lowest BCUT2D eigenvalue weighted by molar-refractivity contribution is -0.133. The molecule has 1 N–H and O–H groups in total. The lowest BCUT2D eigenvalue weighted by Crippen LogP contribution is -2.59. The van der Waals surface area contributed by atoms with Crippen LogP contribution in [0.1, 0.15) is 23.3 Å². The topological polar surface area (TPSA) is 84.4 Å². The smallest absolute Gasteiger partial charge is 0.275 e. The molecule has 0 bridgehead atoms. The summed E-state index contributed by atoms with van der Waals surface area (Å²) in [5, 5.41) is 4.53. The molecule has 1 saturated heterocycles. The highest BCUT2D eigenvalue weighted by Crippen LogP contribution is 2.33. The highest BCUT2D eigenvalue weighted by atomic mass is 32.1. The first-order chi connectivity index (χ1) is 11.1. The Bertz CT molecular complexity index is 747. The predicted octanol–water partition coefficient (Wildman–Crippen LogP) is 1.06. The zero-order chi connectivity index (χ0) is 16.4. The average molecular weight is 334 g/mol. The molecule has 0 aromatic carbocycles. The highest BCUT2D eigenvalue weighted by Gasteiger charge is 2.50. The molecule has 122 valence electrons. The lowest BCUT2D eigenvalue weighted by atomic mass is 9.95. The van der Waals surface area contributed by atoms with Crippen molar-refractivity contribution in [2.45, 2.75) is 18.4 Å². The summed E-state index contributed by atoms with van der Waals surface area (Å²) in [7, 11) is 3.11. The van der Waals surface area contributed by atoms with Crippen molar-refractivity contribution in [2.75, 3.05) is 27.3 Å². The largest absolute Gasteiger partial charge is 0.382 e. The molecular formula is C15H18N4O3S. The number of carbonyl (C=O) groups is 2. The van der Waals surface area contributed by atoms with Crippen molar-refractivity contribution in [1.82, 2.24) is 20.2 Å². The van der Waals surface area contributed by atoms with Gasteiger partial charge >= 0.3 is 0 Å². The molecule has 3 rings (SSSR count). The van der Waals surface area contributed by atoms with Crippen LogP contribution in [-0.4, -0.2) is 59.5 Å². The number of hydrogen-bond acceptors (Lipinski definition) is 6. The fourth-order valence-corrected chi connectivity index (χ4v) is 3.99. The normalized spacial score (nSPS) is 20.9. The first-order valence-electron chi connectivity index (χ1n) is 7.35. The van der Waals surface area contributed by atoms with Crippen molar-refractivity contribution >= 4 is 33.4 Å². The first-order valence-corrected chi connectivity index (χ1v) is 8.23. The Morgan fingerprint density at radius 2 is 2.30 bits per heavy atom. The Kier molecular flexibility index (Phi) is 4.27. The van der Waals surface area contributed by atoms with Gasteiger partial charge in [-0.1, -0.05) is 0 Å². The Morgan fingerprint density at radius 3 is 3.04 bits per heavy atom. The minimum Gasteiger partial charge on any atom is -0.382 e. The van der Waals surface area contributed by atoms with Crippen LogP contribution in [0.15, 0.2) is 17.8 Å². The van der Waals surface area contributed by atoms with E-state index in [1.165, 1.54) is 24.8 Å². The number of carbonyl (C=O) groups excluding carboxylic acids is 2. The van der Waals surface area contributed by atoms with E-state index in [1.54, 1.807) is 11.9 Å². The summed E-state index contributed by atoms with van der Waals surface area (Å²) in [5.41, 5.74) is 0.107. The van der Waals surface area contributed by atoms with Gasteiger partial charge in [0.1, 0.15) is 17.6 Å². The monoisotopic (exact) mass is 334 g/mol. The molecule has 0 saturated carbocycles. The number of nitrogens with zero attached hydrogens (tertiary/aromatic N) is 3. The van der Waals surface area contributed by atoms with Gasteiger partial charge in [-0.15, -0.1) is 11.3 Å². The molecule has 7 nitrogen and oxygen atoms in total. The third kappa shape index (κ3) is 2.47. The molecule has 1 atom stereocenters. The van der Waals surface area contributed by atoms with Crippen LogP contribution in [0.4, 0.5) is 0 Å². The van der Waals surface area contributed by atoms with Gasteiger partial charge < -0.3 is 15.0 Å². The van der Waals surface area contributed by atoms with Crippen molar-refractivity contribution in [3.05, 3.63) is 23.5 Å². The van der Waals surface area contributed by atoms with Gasteiger partial charge in [-0.2, -0.15) is 0 Å². The zero-order valence-corrected chi connectivity index (χ0v) is 13.9. The van der Waals surface area contributed by atoms with Gasteiger partial charge in [0.05, 0.1) is 16.8 Å². The summed E-state index contributed by atoms with van der Waals surface area (Å²) in [6.07, 6.45) is 2.71. The van der Waals surface area contributed by atoms with E-state index < -0.39 is 5.54 Å². The molecule has 2 amide bonds. The third-order valence-corrected chi connectivity index (χ3v) is 5.12. The average Bonchev–Trinajstić information content (AvgIpc) is 3.20. The fraction of sp³-hybridized carbons (Fsp3) is 0.467. The van der Waals surface area contributed by atoms with Gasteiger partial charge in [0.25, 0.3) is 5.91 Å². The molecule has 0 spiro atoms. The molecular weight excluding hydrogens is 316 g/mol. The number of rotatable bonds is 4. The summed E-state index contributed by atoms with van der Waals surface area (Å²) in [6.45, 7) is 0.670. The number of likely N-dealkylation sites (N-methyl/N-ethyl adjacent to an activating group) is 1. The van der Waals surface area contributed by atoms with E-state index >= 15 is 0 Å². The van der Waals surface area contributed by atoms with Crippen LogP contribution in [0.25, 0.3) is 10.2 Å². The maximum atomic E-state index is 13.1. The van der Waals surface area contributed by atoms with E-state index in [0.29, 0.717) is 18.7 Å². The van der Waals surface area contributed by atoms with Crippen LogP contribution in [-0.2, 0) is 9.53 Å². The highest BCUT2D eigenvalue weighted by molar-refractivity contribution is 7.17. The molecule has 23 heavy (non-hydrogen) atoms. The maximum absolute atomic E-state index is 13.1. The third-order valence-electron chi connectivity index (χ3n) is 4.21. The van der Waals surface area contributed by atoms with Crippen LogP contribution in [0.3, 0.4) is 0 Å². The van der Waals surface area contributed by atoms with E-state index in [1.807, 2.05) is 11.4 Å². The van der Waals surface area contributed by atoms with Gasteiger partial charge in [-0.3, -0.25) is 9.59 Å². The number of aromatic nitrogens is 2. The van der Waals surface area contributed by atoms with Gasteiger partial charge in [-0.05, 0) is 24.3 Å². The van der Waals surface area contributed by atoms with Gasteiger partial charge in [0.2, 0.25) is 5.91 Å². The number of thiophene rings is 1. The van der Waals surface area contributed by atoms with Crippen molar-refractivity contribution in [3.8, 4) is 0 Å². The number of hydrogen-bond donors (Lipinski definition) is 1. The molecule has 3 heterocycles. The van der Waals surface area contributed by atoms with Crippen molar-refractivity contribution in [1.29, 1.82) is 0 Å². The number of amides is 2. The molecule has 8 heteroatoms. The minimum absolute atomic E-state index is 0.164. The molecule has 0 radical (unpaired) electrons. The standard InChI is InChI=1S/C15H18N4O3S/c1-16-14(21)15(8-22-2)5-3-6-19(15)13(20)11-12-10(4-7-23-12)17-9-18-11/h4,7,9H,3,5-6,8H2,1-2H3,(H,16,21). The summed E-state index contributed by atoms with van der Waals surface area (Å²) in [5.74, 6) is -0.459. The van der Waals surface area contributed by atoms with E-state index in [2.05, 4.69) is 15.3 Å². The molecule has 1 fully saturated rings. The maximum Gasteiger partial charge on any atom is 0.275 e. The lowest BCUT2D eigenvalue weighted by Gasteiger charge is -2.36. The van der Waals surface area contributed by atoms with E-state index in [-0.39, 0.29) is 18.4 Å². The van der Waals surface area contributed by atoms with Crippen LogP contribution in [0, 0.1) is 0 Å². The van der Waals surface area contributed by atoms with Crippen LogP contribution in [0.2, 0.25) is 0 Å². The Balaban J connectivity index is 2.03. The summed E-state index contributed by atoms with van der Waals surface area (Å²) in [6, 6.07) is 1.85. The second kappa shape index (κ2) is 6.21. The second-order valence-electron chi connectivity index (χ2n) is 5.46. The number of fused-ring (bicyclic) bond motifs is 1. The summed E-state index contributed by atoms with van der Waals surface area (Å²) < 4.78 is 6.00. The minimum atomic E-state index is -0.977. The number of methoxy groups -OCH3 is 1. The second-order valence-corrected chi connectivity index (χ2v) is 6.38. The van der Waals surface area contributed by atoms with Crippen LogP contribution < -0.4 is 5.32 Å². The first kappa shape index (κ1) is 15.8. The predicted molar refractivity (Wildman–Crippen MR) is 86.4 cm³/mol. The Labute approximate surface area is 137 Å². The number of ether oxygens (including phenoxy) is 1. The van der Waals surface area contributed by atoms with Crippen molar-refractivity contribution in [3.63, 3.8) is 0 Å². The van der Waals surface area contributed by atoms with E-state index in [9.17, 15) is 9.59 Å².